The standard InChI is InChI=1S/C38H20I2/c39-33-17-27-8-4-23-13-31(14-24-5-9-28(18-33)37(27)35(23)24)21-2-1-3-22(12-21)32-15-25-6-10-29-19-34(40)20-30-11-7-26(16-32)36(25)38(29)30/h1-20H. The molecule has 0 atom stereocenters. The van der Waals surface area contributed by atoms with Gasteiger partial charge in [0.15, 0.2) is 0 Å². The van der Waals surface area contributed by atoms with Gasteiger partial charge in [0.25, 0.3) is 0 Å². The zero-order chi connectivity index (χ0) is 26.5. The molecule has 0 saturated carbocycles. The smallest absolute Gasteiger partial charge is 0.0142 e. The van der Waals surface area contributed by atoms with Gasteiger partial charge < -0.3 is 0 Å². The Labute approximate surface area is 258 Å². The van der Waals surface area contributed by atoms with Crippen molar-refractivity contribution in [3.63, 3.8) is 0 Å². The second-order valence-corrected chi connectivity index (χ2v) is 13.4. The average Bonchev–Trinajstić information content (AvgIpc) is 2.97. The molecule has 0 aromatic heterocycles. The van der Waals surface area contributed by atoms with E-state index in [1.807, 2.05) is 0 Å². The van der Waals surface area contributed by atoms with E-state index in [1.165, 1.54) is 94.0 Å². The number of hydrogen-bond donors (Lipinski definition) is 0. The zero-order valence-corrected chi connectivity index (χ0v) is 25.6. The van der Waals surface area contributed by atoms with Crippen LogP contribution in [0.4, 0.5) is 0 Å². The molecule has 0 aliphatic carbocycles. The van der Waals surface area contributed by atoms with Crippen molar-refractivity contribution in [1.29, 1.82) is 0 Å². The summed E-state index contributed by atoms with van der Waals surface area (Å²) < 4.78 is 2.56. The summed E-state index contributed by atoms with van der Waals surface area (Å²) >= 11 is 4.84. The van der Waals surface area contributed by atoms with Gasteiger partial charge in [-0.1, -0.05) is 66.7 Å². The number of hydrogen-bond acceptors (Lipinski definition) is 0. The van der Waals surface area contributed by atoms with Crippen molar-refractivity contribution in [2.75, 3.05) is 0 Å². The third kappa shape index (κ3) is 3.42. The van der Waals surface area contributed by atoms with Gasteiger partial charge in [0.05, 0.1) is 0 Å². The summed E-state index contributed by atoms with van der Waals surface area (Å²) in [5.74, 6) is 0. The minimum atomic E-state index is 1.25. The van der Waals surface area contributed by atoms with Crippen LogP contribution in [0.25, 0.3) is 86.9 Å². The quantitative estimate of drug-likeness (QED) is 0.123. The Kier molecular flexibility index (Phi) is 4.95. The van der Waals surface area contributed by atoms with Crippen molar-refractivity contribution in [1.82, 2.24) is 0 Å². The lowest BCUT2D eigenvalue weighted by molar-refractivity contribution is 1.63. The van der Waals surface area contributed by atoms with Crippen molar-refractivity contribution in [2.45, 2.75) is 0 Å². The van der Waals surface area contributed by atoms with Gasteiger partial charge in [-0.25, -0.2) is 0 Å². The normalized spacial score (nSPS) is 12.2. The molecule has 40 heavy (non-hydrogen) atoms. The molecular formula is C38H20I2. The number of benzene rings is 9. The van der Waals surface area contributed by atoms with E-state index in [1.54, 1.807) is 0 Å². The highest BCUT2D eigenvalue weighted by molar-refractivity contribution is 14.1. The Balaban J connectivity index is 1.22. The van der Waals surface area contributed by atoms with Crippen molar-refractivity contribution >= 4 is 110 Å². The van der Waals surface area contributed by atoms with Gasteiger partial charge in [0.2, 0.25) is 0 Å². The molecule has 0 aliphatic heterocycles. The second-order valence-electron chi connectivity index (χ2n) is 10.9. The van der Waals surface area contributed by atoms with Crippen LogP contribution in [0.1, 0.15) is 0 Å². The Morgan fingerprint density at radius 2 is 0.550 bits per heavy atom. The van der Waals surface area contributed by atoms with E-state index in [0.29, 0.717) is 0 Å². The number of rotatable bonds is 2. The van der Waals surface area contributed by atoms with E-state index in [4.69, 9.17) is 0 Å². The van der Waals surface area contributed by atoms with Crippen LogP contribution in [0.5, 0.6) is 0 Å². The molecule has 2 heteroatoms. The van der Waals surface area contributed by atoms with Gasteiger partial charge >= 0.3 is 0 Å². The van der Waals surface area contributed by atoms with Gasteiger partial charge in [0, 0.05) is 7.14 Å². The van der Waals surface area contributed by atoms with Crippen molar-refractivity contribution < 1.29 is 0 Å². The topological polar surface area (TPSA) is 0 Å². The van der Waals surface area contributed by atoms with E-state index in [2.05, 4.69) is 167 Å². The van der Waals surface area contributed by atoms with Gasteiger partial charge in [-0.2, -0.15) is 0 Å². The zero-order valence-electron chi connectivity index (χ0n) is 21.3. The highest BCUT2D eigenvalue weighted by Gasteiger charge is 2.13. The fourth-order valence-electron chi connectivity index (χ4n) is 6.81. The van der Waals surface area contributed by atoms with Crippen LogP contribution in [0.15, 0.2) is 121 Å². The first-order valence-corrected chi connectivity index (χ1v) is 15.6. The molecular weight excluding hydrogens is 710 g/mol. The Morgan fingerprint density at radius 1 is 0.275 bits per heavy atom. The van der Waals surface area contributed by atoms with Gasteiger partial charge in [-0.05, 0) is 187 Å². The molecule has 0 radical (unpaired) electrons. The molecule has 0 bridgehead atoms. The van der Waals surface area contributed by atoms with Gasteiger partial charge in [-0.3, -0.25) is 0 Å². The maximum atomic E-state index is 2.42. The summed E-state index contributed by atoms with van der Waals surface area (Å²) in [6, 6.07) is 45.9. The fraction of sp³-hybridized carbons (Fsp3) is 0. The third-order valence-corrected chi connectivity index (χ3v) is 9.77. The summed E-state index contributed by atoms with van der Waals surface area (Å²) in [6.45, 7) is 0. The molecule has 0 N–H and O–H groups in total. The molecule has 186 valence electrons. The molecule has 9 aromatic carbocycles. The van der Waals surface area contributed by atoms with Crippen molar-refractivity contribution in [2.24, 2.45) is 0 Å². The summed E-state index contributed by atoms with van der Waals surface area (Å²) in [5, 5.41) is 16.0. The van der Waals surface area contributed by atoms with Crippen LogP contribution in [-0.4, -0.2) is 0 Å². The Morgan fingerprint density at radius 3 is 0.850 bits per heavy atom. The lowest BCUT2D eigenvalue weighted by atomic mass is 9.89. The minimum Gasteiger partial charge on any atom is -0.0610 e. The van der Waals surface area contributed by atoms with Crippen LogP contribution >= 0.6 is 45.2 Å². The van der Waals surface area contributed by atoms with Crippen LogP contribution in [0.2, 0.25) is 0 Å². The van der Waals surface area contributed by atoms with E-state index in [0.717, 1.165) is 0 Å². The van der Waals surface area contributed by atoms with Crippen LogP contribution in [-0.2, 0) is 0 Å². The molecule has 0 amide bonds. The van der Waals surface area contributed by atoms with E-state index in [-0.39, 0.29) is 0 Å². The summed E-state index contributed by atoms with van der Waals surface area (Å²) in [7, 11) is 0. The second kappa shape index (κ2) is 8.51. The largest absolute Gasteiger partial charge is 0.0610 e. The Hall–Kier alpha value is -3.48. The van der Waals surface area contributed by atoms with Crippen molar-refractivity contribution in [3.05, 3.63) is 128 Å². The van der Waals surface area contributed by atoms with Crippen LogP contribution in [0, 0.1) is 7.14 Å². The molecule has 0 aliphatic rings. The van der Waals surface area contributed by atoms with E-state index in [9.17, 15) is 0 Å². The lowest BCUT2D eigenvalue weighted by Crippen LogP contribution is -1.88. The van der Waals surface area contributed by atoms with E-state index >= 15 is 0 Å². The van der Waals surface area contributed by atoms with Gasteiger partial charge in [0.1, 0.15) is 0 Å². The van der Waals surface area contributed by atoms with E-state index < -0.39 is 0 Å². The minimum absolute atomic E-state index is 1.25. The first-order valence-electron chi connectivity index (χ1n) is 13.5. The summed E-state index contributed by atoms with van der Waals surface area (Å²) in [4.78, 5) is 0. The first kappa shape index (κ1) is 23.2. The summed E-state index contributed by atoms with van der Waals surface area (Å²) in [6.07, 6.45) is 0. The molecule has 0 unspecified atom stereocenters. The maximum Gasteiger partial charge on any atom is 0.0142 e. The molecule has 9 rings (SSSR count). The van der Waals surface area contributed by atoms with Crippen molar-refractivity contribution in [3.8, 4) is 22.3 Å². The summed E-state index contributed by atoms with van der Waals surface area (Å²) in [5.41, 5.74) is 5.01. The highest BCUT2D eigenvalue weighted by atomic mass is 127. The average molecular weight is 730 g/mol. The number of halogens is 2. The predicted octanol–water partition coefficient (Wildman–Crippen LogP) is 12.0. The molecule has 0 spiro atoms. The molecule has 9 aromatic rings. The van der Waals surface area contributed by atoms with Crippen LogP contribution in [0.3, 0.4) is 0 Å². The maximum absolute atomic E-state index is 2.42. The molecule has 0 heterocycles. The third-order valence-electron chi connectivity index (χ3n) is 8.53. The highest BCUT2D eigenvalue weighted by Crippen LogP contribution is 2.41. The first-order chi connectivity index (χ1) is 19.6. The van der Waals surface area contributed by atoms with Crippen LogP contribution < -0.4 is 0 Å². The van der Waals surface area contributed by atoms with Gasteiger partial charge in [-0.15, -0.1) is 0 Å². The molecule has 0 saturated heterocycles. The molecule has 0 nitrogen and oxygen atoms in total. The molecule has 0 fully saturated rings. The monoisotopic (exact) mass is 730 g/mol. The Bertz CT molecular complexity index is 2150. The fourth-order valence-corrected chi connectivity index (χ4v) is 8.15. The SMILES string of the molecule is Ic1cc2ccc3cc(-c4cccc(-c5cc6ccc7cc(I)cc8ccc(c5)c6c78)c4)cc4ccc(c1)c2c34. The lowest BCUT2D eigenvalue weighted by Gasteiger charge is -2.15. The predicted molar refractivity (Wildman–Crippen MR) is 190 cm³/mol.